The Hall–Kier alpha value is -0.660. The number of carbonyl (C=O) groups excluding carboxylic acids is 1. The summed E-state index contributed by atoms with van der Waals surface area (Å²) in [5.41, 5.74) is 0. The molecule has 0 aliphatic rings. The van der Waals surface area contributed by atoms with Gasteiger partial charge in [0.1, 0.15) is 4.75 Å². The number of aliphatic hydroxyl groups is 1. The molecule has 108 valence electrons. The topological polar surface area (TPSA) is 83.9 Å². The highest BCUT2D eigenvalue weighted by atomic mass is 32.2. The van der Waals surface area contributed by atoms with Crippen molar-refractivity contribution in [2.45, 2.75) is 25.5 Å². The Morgan fingerprint density at radius 3 is 2.28 bits per heavy atom. The zero-order valence-electron chi connectivity index (χ0n) is 11.5. The zero-order chi connectivity index (χ0) is 14.4. The fourth-order valence-corrected chi connectivity index (χ4v) is 1.73. The van der Waals surface area contributed by atoms with E-state index in [9.17, 15) is 13.2 Å². The van der Waals surface area contributed by atoms with Gasteiger partial charge < -0.3 is 14.7 Å². The lowest BCUT2D eigenvalue weighted by Gasteiger charge is -2.29. The molecule has 0 bridgehead atoms. The lowest BCUT2D eigenvalue weighted by Crippen LogP contribution is -2.50. The van der Waals surface area contributed by atoms with Crippen LogP contribution in [0.25, 0.3) is 0 Å². The predicted molar refractivity (Wildman–Crippen MR) is 69.1 cm³/mol. The molecule has 0 aromatic carbocycles. The number of aliphatic hydroxyl groups excluding tert-OH is 1. The summed E-state index contributed by atoms with van der Waals surface area (Å²) < 4.78 is 26.8. The molecule has 6 nitrogen and oxygen atoms in total. The van der Waals surface area contributed by atoms with Crippen molar-refractivity contribution >= 4 is 15.7 Å². The van der Waals surface area contributed by atoms with Crippen LogP contribution in [0, 0.1) is 0 Å². The number of amides is 1. The molecule has 1 amide bonds. The van der Waals surface area contributed by atoms with Crippen molar-refractivity contribution in [2.75, 3.05) is 39.2 Å². The molecule has 0 fully saturated rings. The van der Waals surface area contributed by atoms with E-state index in [0.717, 1.165) is 6.26 Å². The summed E-state index contributed by atoms with van der Waals surface area (Å²) >= 11 is 0. The van der Waals surface area contributed by atoms with Crippen LogP contribution < -0.4 is 0 Å². The maximum atomic E-state index is 12.1. The largest absolute Gasteiger partial charge is 0.394 e. The maximum absolute atomic E-state index is 12.1. The number of rotatable bonds is 8. The Morgan fingerprint density at radius 1 is 1.33 bits per heavy atom. The Kier molecular flexibility index (Phi) is 6.80. The highest BCUT2D eigenvalue weighted by Gasteiger charge is 2.40. The highest BCUT2D eigenvalue weighted by Crippen LogP contribution is 2.18. The Labute approximate surface area is 109 Å². The molecule has 7 heteroatoms. The highest BCUT2D eigenvalue weighted by molar-refractivity contribution is 7.92. The van der Waals surface area contributed by atoms with Gasteiger partial charge in [-0.15, -0.1) is 0 Å². The normalized spacial score (nSPS) is 12.5. The number of nitrogens with zero attached hydrogens (tertiary/aromatic N) is 1. The molecule has 0 heterocycles. The Balaban J connectivity index is 4.62. The van der Waals surface area contributed by atoms with E-state index in [1.165, 1.54) is 18.7 Å². The van der Waals surface area contributed by atoms with Crippen molar-refractivity contribution in [3.63, 3.8) is 0 Å². The van der Waals surface area contributed by atoms with Gasteiger partial charge in [-0.25, -0.2) is 8.42 Å². The van der Waals surface area contributed by atoms with E-state index in [2.05, 4.69) is 0 Å². The smallest absolute Gasteiger partial charge is 0.243 e. The van der Waals surface area contributed by atoms with E-state index >= 15 is 0 Å². The van der Waals surface area contributed by atoms with Gasteiger partial charge in [-0.1, -0.05) is 0 Å². The first-order valence-electron chi connectivity index (χ1n) is 5.86. The monoisotopic (exact) mass is 281 g/mol. The second-order valence-corrected chi connectivity index (χ2v) is 7.07. The van der Waals surface area contributed by atoms with Crippen LogP contribution in [0.4, 0.5) is 0 Å². The molecule has 0 saturated carbocycles. The van der Waals surface area contributed by atoms with Crippen molar-refractivity contribution in [3.05, 3.63) is 0 Å². The average molecular weight is 281 g/mol. The standard InChI is InChI=1S/C11H23NO5S/c1-5-12(6-8-17-9-7-13)10(14)11(2,3)18(4,15)16/h13H,5-9H2,1-4H3. The Bertz CT molecular complexity index is 364. The summed E-state index contributed by atoms with van der Waals surface area (Å²) in [5.74, 6) is -0.430. The summed E-state index contributed by atoms with van der Waals surface area (Å²) in [6.07, 6.45) is 1.06. The van der Waals surface area contributed by atoms with Crippen LogP contribution in [0.15, 0.2) is 0 Å². The number of likely N-dealkylation sites (N-methyl/N-ethyl adjacent to an activating group) is 1. The van der Waals surface area contributed by atoms with Crippen LogP contribution in [0.5, 0.6) is 0 Å². The zero-order valence-corrected chi connectivity index (χ0v) is 12.3. The average Bonchev–Trinajstić information content (AvgIpc) is 2.27. The van der Waals surface area contributed by atoms with E-state index in [1.54, 1.807) is 6.92 Å². The van der Waals surface area contributed by atoms with Crippen LogP contribution in [0.1, 0.15) is 20.8 Å². The van der Waals surface area contributed by atoms with Gasteiger partial charge in [-0.05, 0) is 20.8 Å². The van der Waals surface area contributed by atoms with E-state index < -0.39 is 20.5 Å². The van der Waals surface area contributed by atoms with Crippen molar-refractivity contribution < 1.29 is 23.1 Å². The van der Waals surface area contributed by atoms with E-state index in [4.69, 9.17) is 9.84 Å². The van der Waals surface area contributed by atoms with Gasteiger partial charge in [0.05, 0.1) is 19.8 Å². The summed E-state index contributed by atoms with van der Waals surface area (Å²) in [6, 6.07) is 0. The third-order valence-electron chi connectivity index (χ3n) is 2.85. The molecular formula is C11H23NO5S. The van der Waals surface area contributed by atoms with Crippen molar-refractivity contribution in [2.24, 2.45) is 0 Å². The van der Waals surface area contributed by atoms with Gasteiger partial charge >= 0.3 is 0 Å². The van der Waals surface area contributed by atoms with Gasteiger partial charge in [0.2, 0.25) is 5.91 Å². The van der Waals surface area contributed by atoms with E-state index in [0.29, 0.717) is 13.1 Å². The van der Waals surface area contributed by atoms with Gasteiger partial charge in [0, 0.05) is 19.3 Å². The van der Waals surface area contributed by atoms with Gasteiger partial charge in [0.25, 0.3) is 0 Å². The van der Waals surface area contributed by atoms with Gasteiger partial charge in [0.15, 0.2) is 9.84 Å². The van der Waals surface area contributed by atoms with Crippen molar-refractivity contribution in [1.29, 1.82) is 0 Å². The molecule has 0 unspecified atom stereocenters. The van der Waals surface area contributed by atoms with E-state index in [-0.39, 0.29) is 19.8 Å². The lowest BCUT2D eigenvalue weighted by molar-refractivity contribution is -0.133. The number of hydrogen-bond donors (Lipinski definition) is 1. The molecule has 0 atom stereocenters. The maximum Gasteiger partial charge on any atom is 0.243 e. The van der Waals surface area contributed by atoms with Crippen LogP contribution in [-0.2, 0) is 19.4 Å². The molecule has 0 rings (SSSR count). The quantitative estimate of drug-likeness (QED) is 0.616. The number of ether oxygens (including phenoxy) is 1. The van der Waals surface area contributed by atoms with Crippen molar-refractivity contribution in [1.82, 2.24) is 4.90 Å². The van der Waals surface area contributed by atoms with Gasteiger partial charge in [-0.3, -0.25) is 4.79 Å². The van der Waals surface area contributed by atoms with Crippen LogP contribution in [0.2, 0.25) is 0 Å². The molecule has 0 radical (unpaired) electrons. The second kappa shape index (κ2) is 7.06. The molecule has 0 aliphatic heterocycles. The van der Waals surface area contributed by atoms with E-state index in [1.807, 2.05) is 0 Å². The molecule has 0 spiro atoms. The SMILES string of the molecule is CCN(CCOCCO)C(=O)C(C)(C)S(C)(=O)=O. The van der Waals surface area contributed by atoms with Crippen LogP contribution in [-0.4, -0.2) is 68.2 Å². The second-order valence-electron chi connectivity index (χ2n) is 4.50. The first kappa shape index (κ1) is 17.3. The first-order valence-corrected chi connectivity index (χ1v) is 7.75. The lowest BCUT2D eigenvalue weighted by atomic mass is 10.1. The van der Waals surface area contributed by atoms with Crippen LogP contribution in [0.3, 0.4) is 0 Å². The summed E-state index contributed by atoms with van der Waals surface area (Å²) in [4.78, 5) is 13.6. The Morgan fingerprint density at radius 2 is 1.89 bits per heavy atom. The van der Waals surface area contributed by atoms with Crippen molar-refractivity contribution in [3.8, 4) is 0 Å². The summed E-state index contributed by atoms with van der Waals surface area (Å²) in [6.45, 7) is 5.73. The minimum atomic E-state index is -3.46. The molecular weight excluding hydrogens is 258 g/mol. The third-order valence-corrected chi connectivity index (χ3v) is 4.88. The molecule has 1 N–H and O–H groups in total. The molecule has 0 aromatic heterocycles. The molecule has 0 aromatic rings. The van der Waals surface area contributed by atoms with Gasteiger partial charge in [-0.2, -0.15) is 0 Å². The number of hydrogen-bond acceptors (Lipinski definition) is 5. The first-order chi connectivity index (χ1) is 8.18. The predicted octanol–water partition coefficient (Wildman–Crippen LogP) is -0.333. The number of sulfone groups is 1. The minimum absolute atomic E-state index is 0.0745. The van der Waals surface area contributed by atoms with Crippen LogP contribution >= 0.6 is 0 Å². The fourth-order valence-electron chi connectivity index (χ4n) is 1.28. The summed E-state index contributed by atoms with van der Waals surface area (Å²) in [5, 5.41) is 8.55. The third kappa shape index (κ3) is 4.55. The fraction of sp³-hybridized carbons (Fsp3) is 0.909. The minimum Gasteiger partial charge on any atom is -0.394 e. The molecule has 0 saturated heterocycles. The molecule has 0 aliphatic carbocycles. The number of carbonyl (C=O) groups is 1. The molecule has 18 heavy (non-hydrogen) atoms. The summed E-state index contributed by atoms with van der Waals surface area (Å²) in [7, 11) is -3.46.